The summed E-state index contributed by atoms with van der Waals surface area (Å²) in [6.07, 6.45) is 0.721. The molecule has 6 heteroatoms. The third kappa shape index (κ3) is 5.70. The van der Waals surface area contributed by atoms with Crippen molar-refractivity contribution in [2.24, 2.45) is 22.7 Å². The first kappa shape index (κ1) is 26.3. The predicted molar refractivity (Wildman–Crippen MR) is 118 cm³/mol. The van der Waals surface area contributed by atoms with E-state index < -0.39 is 11.1 Å². The highest BCUT2D eigenvalue weighted by Gasteiger charge is 2.49. The van der Waals surface area contributed by atoms with Crippen molar-refractivity contribution in [1.82, 2.24) is 9.80 Å². The standard InChI is InChI=1S/2C12H21NO2/c2*1-11(2,3)8-7-9(14)13(10(8)15)12(4,5)6/h2*8H,7H2,1-6H3. The molecule has 0 spiro atoms. The summed E-state index contributed by atoms with van der Waals surface area (Å²) >= 11 is 0. The summed E-state index contributed by atoms with van der Waals surface area (Å²) in [6, 6.07) is 0. The highest BCUT2D eigenvalue weighted by Crippen LogP contribution is 2.39. The third-order valence-corrected chi connectivity index (χ3v) is 5.73. The second-order valence-electron chi connectivity index (χ2n) is 12.7. The van der Waals surface area contributed by atoms with Crippen molar-refractivity contribution in [1.29, 1.82) is 0 Å². The molecule has 6 nitrogen and oxygen atoms in total. The summed E-state index contributed by atoms with van der Waals surface area (Å²) in [5.41, 5.74) is -1.05. The molecule has 2 unspecified atom stereocenters. The van der Waals surface area contributed by atoms with Crippen LogP contribution < -0.4 is 0 Å². The van der Waals surface area contributed by atoms with Crippen molar-refractivity contribution in [2.45, 2.75) is 107 Å². The SMILES string of the molecule is CC(C)(C)C1CC(=O)N(C(C)(C)C)C1=O.CC(C)(C)C1CC(=O)N(C(C)(C)C)C1=O. The topological polar surface area (TPSA) is 74.8 Å². The molecule has 2 aliphatic heterocycles. The first-order chi connectivity index (χ1) is 13.1. The van der Waals surface area contributed by atoms with Gasteiger partial charge in [-0.25, -0.2) is 0 Å². The molecule has 2 heterocycles. The molecule has 4 amide bonds. The highest BCUT2D eigenvalue weighted by molar-refractivity contribution is 6.05. The lowest BCUT2D eigenvalue weighted by Crippen LogP contribution is -2.46. The van der Waals surface area contributed by atoms with Crippen molar-refractivity contribution >= 4 is 23.6 Å². The first-order valence-corrected chi connectivity index (χ1v) is 10.8. The zero-order valence-electron chi connectivity index (χ0n) is 21.1. The Morgan fingerprint density at radius 1 is 0.533 bits per heavy atom. The second-order valence-corrected chi connectivity index (χ2v) is 12.7. The average molecular weight is 423 g/mol. The van der Waals surface area contributed by atoms with E-state index in [1.807, 2.05) is 83.1 Å². The first-order valence-electron chi connectivity index (χ1n) is 10.8. The average Bonchev–Trinajstić information content (AvgIpc) is 2.93. The molecule has 0 radical (unpaired) electrons. The Bertz CT molecular complexity index is 649. The van der Waals surface area contributed by atoms with Crippen LogP contribution in [0.4, 0.5) is 0 Å². The quantitative estimate of drug-likeness (QED) is 0.542. The van der Waals surface area contributed by atoms with E-state index in [0.717, 1.165) is 0 Å². The van der Waals surface area contributed by atoms with E-state index in [1.54, 1.807) is 0 Å². The fourth-order valence-electron chi connectivity index (χ4n) is 4.03. The number of likely N-dealkylation sites (tertiary alicyclic amines) is 2. The normalized spacial score (nSPS) is 23.9. The Balaban J connectivity index is 0.000000300. The number of hydrogen-bond acceptors (Lipinski definition) is 4. The number of amides is 4. The maximum atomic E-state index is 12.1. The van der Waals surface area contributed by atoms with Gasteiger partial charge in [-0.05, 0) is 52.4 Å². The van der Waals surface area contributed by atoms with Crippen LogP contribution in [0.1, 0.15) is 95.9 Å². The summed E-state index contributed by atoms with van der Waals surface area (Å²) in [7, 11) is 0. The molecule has 30 heavy (non-hydrogen) atoms. The largest absolute Gasteiger partial charge is 0.277 e. The number of carbonyl (C=O) groups is 4. The minimum Gasteiger partial charge on any atom is -0.277 e. The fourth-order valence-corrected chi connectivity index (χ4v) is 4.03. The minimum absolute atomic E-state index is 0.0139. The van der Waals surface area contributed by atoms with Crippen LogP contribution in [-0.2, 0) is 19.2 Å². The van der Waals surface area contributed by atoms with Crippen LogP contribution in [0.2, 0.25) is 0 Å². The minimum atomic E-state index is -0.395. The lowest BCUT2D eigenvalue weighted by Gasteiger charge is -2.32. The molecule has 2 aliphatic rings. The van der Waals surface area contributed by atoms with Crippen LogP contribution in [0.15, 0.2) is 0 Å². The second kappa shape index (κ2) is 8.08. The maximum Gasteiger partial charge on any atom is 0.233 e. The Labute approximate surface area is 182 Å². The van der Waals surface area contributed by atoms with Gasteiger partial charge in [0.1, 0.15) is 0 Å². The van der Waals surface area contributed by atoms with Gasteiger partial charge in [0.15, 0.2) is 0 Å². The molecule has 172 valence electrons. The molecule has 0 N–H and O–H groups in total. The Kier molecular flexibility index (Phi) is 7.09. The lowest BCUT2D eigenvalue weighted by atomic mass is 9.80. The molecule has 2 saturated heterocycles. The van der Waals surface area contributed by atoms with Gasteiger partial charge in [0.05, 0.1) is 11.8 Å². The monoisotopic (exact) mass is 422 g/mol. The van der Waals surface area contributed by atoms with Gasteiger partial charge in [-0.2, -0.15) is 0 Å². The summed E-state index contributed by atoms with van der Waals surface area (Å²) in [4.78, 5) is 50.7. The van der Waals surface area contributed by atoms with Crippen LogP contribution in [0, 0.1) is 22.7 Å². The van der Waals surface area contributed by atoms with Crippen LogP contribution in [0.5, 0.6) is 0 Å². The van der Waals surface area contributed by atoms with E-state index in [4.69, 9.17) is 0 Å². The van der Waals surface area contributed by atoms with Gasteiger partial charge in [-0.3, -0.25) is 29.0 Å². The molecule has 2 fully saturated rings. The van der Waals surface area contributed by atoms with Crippen molar-refractivity contribution in [2.75, 3.05) is 0 Å². The summed E-state index contributed by atoms with van der Waals surface area (Å²) in [5.74, 6) is -0.423. The van der Waals surface area contributed by atoms with E-state index in [2.05, 4.69) is 0 Å². The molecular formula is C24H42N2O4. The Hall–Kier alpha value is -1.72. The van der Waals surface area contributed by atoms with Gasteiger partial charge >= 0.3 is 0 Å². The van der Waals surface area contributed by atoms with Gasteiger partial charge < -0.3 is 0 Å². The molecule has 2 atom stereocenters. The summed E-state index contributed by atoms with van der Waals surface area (Å²) < 4.78 is 0. The molecule has 0 aromatic carbocycles. The van der Waals surface area contributed by atoms with Crippen LogP contribution in [-0.4, -0.2) is 44.5 Å². The highest BCUT2D eigenvalue weighted by atomic mass is 16.2. The summed E-state index contributed by atoms with van der Waals surface area (Å²) in [6.45, 7) is 23.4. The van der Waals surface area contributed by atoms with Gasteiger partial charge in [0, 0.05) is 23.9 Å². The maximum absolute atomic E-state index is 12.1. The number of carbonyl (C=O) groups excluding carboxylic acids is 4. The van der Waals surface area contributed by atoms with E-state index in [-0.39, 0.29) is 46.3 Å². The lowest BCUT2D eigenvalue weighted by molar-refractivity contribution is -0.147. The van der Waals surface area contributed by atoms with Gasteiger partial charge in [-0.1, -0.05) is 41.5 Å². The van der Waals surface area contributed by atoms with Gasteiger partial charge in [0.2, 0.25) is 23.6 Å². The zero-order chi connectivity index (χ0) is 24.0. The van der Waals surface area contributed by atoms with Crippen molar-refractivity contribution in [3.05, 3.63) is 0 Å². The molecule has 2 rings (SSSR count). The number of hydrogen-bond donors (Lipinski definition) is 0. The Morgan fingerprint density at radius 3 is 0.867 bits per heavy atom. The molecule has 0 aliphatic carbocycles. The summed E-state index contributed by atoms with van der Waals surface area (Å²) in [5, 5.41) is 0. The van der Waals surface area contributed by atoms with Crippen LogP contribution >= 0.6 is 0 Å². The van der Waals surface area contributed by atoms with Crippen molar-refractivity contribution in [3.63, 3.8) is 0 Å². The molecular weight excluding hydrogens is 380 g/mol. The van der Waals surface area contributed by atoms with E-state index in [9.17, 15) is 19.2 Å². The molecule has 0 aromatic heterocycles. The van der Waals surface area contributed by atoms with Crippen molar-refractivity contribution in [3.8, 4) is 0 Å². The van der Waals surface area contributed by atoms with E-state index >= 15 is 0 Å². The van der Waals surface area contributed by atoms with Gasteiger partial charge in [0.25, 0.3) is 0 Å². The number of imide groups is 2. The molecule has 0 saturated carbocycles. The van der Waals surface area contributed by atoms with Gasteiger partial charge in [-0.15, -0.1) is 0 Å². The van der Waals surface area contributed by atoms with Crippen LogP contribution in [0.25, 0.3) is 0 Å². The smallest absolute Gasteiger partial charge is 0.233 e. The van der Waals surface area contributed by atoms with Crippen LogP contribution in [0.3, 0.4) is 0 Å². The Morgan fingerprint density at radius 2 is 0.767 bits per heavy atom. The van der Waals surface area contributed by atoms with E-state index in [1.165, 1.54) is 9.80 Å². The molecule has 0 aromatic rings. The third-order valence-electron chi connectivity index (χ3n) is 5.73. The fraction of sp³-hybridized carbons (Fsp3) is 0.833. The number of rotatable bonds is 0. The number of nitrogens with zero attached hydrogens (tertiary/aromatic N) is 2. The predicted octanol–water partition coefficient (Wildman–Crippen LogP) is 4.41. The zero-order valence-corrected chi connectivity index (χ0v) is 21.1. The molecule has 0 bridgehead atoms. The van der Waals surface area contributed by atoms with Crippen molar-refractivity contribution < 1.29 is 19.2 Å². The van der Waals surface area contributed by atoms with E-state index in [0.29, 0.717) is 12.8 Å².